The van der Waals surface area contributed by atoms with Crippen LogP contribution in [0.5, 0.6) is 11.5 Å². The third kappa shape index (κ3) is 5.14. The third-order valence-electron chi connectivity index (χ3n) is 8.48. The minimum atomic E-state index is -0.328. The molecule has 2 unspecified atom stereocenters. The zero-order valence-corrected chi connectivity index (χ0v) is 24.1. The highest BCUT2D eigenvalue weighted by molar-refractivity contribution is 5.90. The molecule has 0 spiro atoms. The molecule has 1 N–H and O–H groups in total. The normalized spacial score (nSPS) is 18.0. The van der Waals surface area contributed by atoms with Gasteiger partial charge in [0.25, 0.3) is 0 Å². The van der Waals surface area contributed by atoms with Crippen LogP contribution in [0, 0.1) is 20.8 Å². The van der Waals surface area contributed by atoms with Gasteiger partial charge in [-0.1, -0.05) is 74.5 Å². The van der Waals surface area contributed by atoms with Gasteiger partial charge >= 0.3 is 0 Å². The Hall–Kier alpha value is -3.60. The first-order valence-electron chi connectivity index (χ1n) is 14.2. The minimum absolute atomic E-state index is 0.143. The van der Waals surface area contributed by atoms with Crippen LogP contribution in [0.3, 0.4) is 0 Å². The summed E-state index contributed by atoms with van der Waals surface area (Å²) in [7, 11) is 0. The van der Waals surface area contributed by atoms with Crippen molar-refractivity contribution in [3.63, 3.8) is 0 Å². The van der Waals surface area contributed by atoms with Gasteiger partial charge < -0.3 is 19.3 Å². The van der Waals surface area contributed by atoms with Crippen molar-refractivity contribution in [1.82, 2.24) is 0 Å². The van der Waals surface area contributed by atoms with E-state index in [-0.39, 0.29) is 17.3 Å². The van der Waals surface area contributed by atoms with Gasteiger partial charge in [-0.15, -0.1) is 0 Å². The topological polar surface area (TPSA) is 54.5 Å². The Morgan fingerprint density at radius 2 is 1.48 bits per heavy atom. The summed E-state index contributed by atoms with van der Waals surface area (Å²) in [4.78, 5) is 0. The van der Waals surface area contributed by atoms with Crippen LogP contribution in [0.1, 0.15) is 47.2 Å². The second-order valence-electron chi connectivity index (χ2n) is 11.8. The van der Waals surface area contributed by atoms with Crippen LogP contribution >= 0.6 is 0 Å². The third-order valence-corrected chi connectivity index (χ3v) is 8.48. The molecule has 2 saturated heterocycles. The Kier molecular flexibility index (Phi) is 6.93. The number of epoxide rings is 2. The van der Waals surface area contributed by atoms with Crippen molar-refractivity contribution < 1.29 is 19.3 Å². The van der Waals surface area contributed by atoms with Crippen LogP contribution in [-0.2, 0) is 21.3 Å². The maximum Gasteiger partial charge on any atom is 0.135 e. The predicted octanol–water partition coefficient (Wildman–Crippen LogP) is 7.70. The van der Waals surface area contributed by atoms with Gasteiger partial charge in [-0.3, -0.25) is 0 Å². The van der Waals surface area contributed by atoms with Crippen molar-refractivity contribution in [2.45, 2.75) is 58.7 Å². The molecule has 4 nitrogen and oxygen atoms in total. The average molecular weight is 535 g/mol. The highest BCUT2D eigenvalue weighted by Gasteiger charge is 2.34. The lowest BCUT2D eigenvalue weighted by atomic mass is 9.71. The number of phenolic OH excluding ortho intramolecular Hbond substituents is 1. The molecule has 0 amide bonds. The summed E-state index contributed by atoms with van der Waals surface area (Å²) in [5.41, 5.74) is 11.6. The number of phenols is 1. The quantitative estimate of drug-likeness (QED) is 0.224. The number of hydrogen-bond donors (Lipinski definition) is 1. The molecule has 2 heterocycles. The van der Waals surface area contributed by atoms with Crippen molar-refractivity contribution in [1.29, 1.82) is 0 Å². The highest BCUT2D eigenvalue weighted by atomic mass is 16.6. The van der Waals surface area contributed by atoms with Crippen LogP contribution in [0.15, 0.2) is 72.8 Å². The second-order valence-corrected chi connectivity index (χ2v) is 11.8. The van der Waals surface area contributed by atoms with E-state index >= 15 is 0 Å². The molecule has 0 aromatic heterocycles. The van der Waals surface area contributed by atoms with Gasteiger partial charge in [0, 0.05) is 23.0 Å². The smallest absolute Gasteiger partial charge is 0.135 e. The summed E-state index contributed by atoms with van der Waals surface area (Å²) in [5, 5.41) is 10.0. The second kappa shape index (κ2) is 10.4. The number of ether oxygens (including phenoxy) is 3. The molecular formula is C36H38O4. The van der Waals surface area contributed by atoms with Gasteiger partial charge in [0.2, 0.25) is 0 Å². The van der Waals surface area contributed by atoms with E-state index < -0.39 is 0 Å². The van der Waals surface area contributed by atoms with Gasteiger partial charge in [0.1, 0.15) is 24.2 Å². The molecule has 2 aliphatic heterocycles. The van der Waals surface area contributed by atoms with Crippen molar-refractivity contribution in [2.75, 3.05) is 19.8 Å². The van der Waals surface area contributed by atoms with E-state index in [2.05, 4.69) is 83.1 Å². The van der Waals surface area contributed by atoms with E-state index in [0.717, 1.165) is 47.6 Å². The summed E-state index contributed by atoms with van der Waals surface area (Å²) in [6.45, 7) is 13.3. The molecule has 6 rings (SSSR count). The molecule has 2 fully saturated rings. The lowest BCUT2D eigenvalue weighted by molar-refractivity contribution is 0.264. The summed E-state index contributed by atoms with van der Waals surface area (Å²) >= 11 is 0. The van der Waals surface area contributed by atoms with E-state index in [1.807, 2.05) is 12.1 Å². The molecule has 0 aliphatic carbocycles. The highest BCUT2D eigenvalue weighted by Crippen LogP contribution is 2.50. The molecule has 0 radical (unpaired) electrons. The van der Waals surface area contributed by atoms with Gasteiger partial charge in [-0.2, -0.15) is 0 Å². The number of aryl methyl sites for hydroxylation is 1. The fourth-order valence-electron chi connectivity index (χ4n) is 6.23. The number of aromatic hydroxyl groups is 1. The van der Waals surface area contributed by atoms with E-state index in [4.69, 9.17) is 14.2 Å². The van der Waals surface area contributed by atoms with Crippen molar-refractivity contribution in [3.8, 4) is 33.8 Å². The van der Waals surface area contributed by atoms with Crippen LogP contribution in [0.4, 0.5) is 0 Å². The first kappa shape index (κ1) is 26.6. The molecule has 4 aromatic rings. The predicted molar refractivity (Wildman–Crippen MR) is 160 cm³/mol. The van der Waals surface area contributed by atoms with Crippen molar-refractivity contribution >= 4 is 0 Å². The van der Waals surface area contributed by atoms with Crippen molar-refractivity contribution in [3.05, 3.63) is 106 Å². The summed E-state index contributed by atoms with van der Waals surface area (Å²) in [6.07, 6.45) is 1.38. The first-order chi connectivity index (χ1) is 19.2. The standard InChI is InChI=1S/C36H38O4/c1-22-11-12-25(17-29-19-38-29)18-31(22)33-24(3)34(36(4,5)27-13-15-28(37)16-14-27)23(2)32(26-9-7-6-8-10-26)35(33)40-21-30-20-39-30/h6-16,18,29-30,37H,17,19-21H2,1-5H3. The van der Waals surface area contributed by atoms with E-state index in [1.165, 1.54) is 33.4 Å². The lowest BCUT2D eigenvalue weighted by Gasteiger charge is -2.34. The summed E-state index contributed by atoms with van der Waals surface area (Å²) < 4.78 is 17.9. The van der Waals surface area contributed by atoms with E-state index in [0.29, 0.717) is 12.7 Å². The molecule has 206 valence electrons. The largest absolute Gasteiger partial charge is 0.508 e. The number of hydrogen-bond acceptors (Lipinski definition) is 4. The lowest BCUT2D eigenvalue weighted by Crippen LogP contribution is -2.23. The molecule has 0 bridgehead atoms. The monoisotopic (exact) mass is 534 g/mol. The Morgan fingerprint density at radius 1 is 0.825 bits per heavy atom. The van der Waals surface area contributed by atoms with Gasteiger partial charge in [0.05, 0.1) is 19.3 Å². The zero-order valence-electron chi connectivity index (χ0n) is 24.1. The minimum Gasteiger partial charge on any atom is -0.508 e. The fraction of sp³-hybridized carbons (Fsp3) is 0.333. The molecule has 0 saturated carbocycles. The summed E-state index contributed by atoms with van der Waals surface area (Å²) in [6, 6.07) is 25.0. The maximum absolute atomic E-state index is 10.0. The fourth-order valence-corrected chi connectivity index (χ4v) is 6.23. The van der Waals surface area contributed by atoms with Crippen LogP contribution in [-0.4, -0.2) is 37.1 Å². The summed E-state index contributed by atoms with van der Waals surface area (Å²) in [5.74, 6) is 1.20. The molecular weight excluding hydrogens is 496 g/mol. The van der Waals surface area contributed by atoms with Gasteiger partial charge in [0.15, 0.2) is 0 Å². The molecule has 2 atom stereocenters. The van der Waals surface area contributed by atoms with Crippen molar-refractivity contribution in [2.24, 2.45) is 0 Å². The Labute approximate surface area is 237 Å². The number of rotatable bonds is 9. The molecule has 40 heavy (non-hydrogen) atoms. The zero-order chi connectivity index (χ0) is 28.0. The van der Waals surface area contributed by atoms with E-state index in [1.54, 1.807) is 12.1 Å². The average Bonchev–Trinajstić information content (AvgIpc) is 3.86. The Bertz CT molecular complexity index is 1530. The molecule has 2 aliphatic rings. The van der Waals surface area contributed by atoms with Crippen LogP contribution in [0.2, 0.25) is 0 Å². The first-order valence-corrected chi connectivity index (χ1v) is 14.2. The SMILES string of the molecule is Cc1ccc(CC2CO2)cc1-c1c(C)c(C(C)(C)c2ccc(O)cc2)c(C)c(-c2ccccc2)c1OCC1CO1. The maximum atomic E-state index is 10.0. The molecule has 4 aromatic carbocycles. The van der Waals surface area contributed by atoms with Gasteiger partial charge in [-0.25, -0.2) is 0 Å². The number of benzene rings is 4. The van der Waals surface area contributed by atoms with E-state index in [9.17, 15) is 5.11 Å². The van der Waals surface area contributed by atoms with Crippen LogP contribution in [0.25, 0.3) is 22.3 Å². The molecule has 4 heteroatoms. The Balaban J connectivity index is 1.65. The van der Waals surface area contributed by atoms with Gasteiger partial charge in [-0.05, 0) is 77.4 Å². The van der Waals surface area contributed by atoms with Crippen LogP contribution < -0.4 is 4.74 Å². The Morgan fingerprint density at radius 3 is 2.12 bits per heavy atom.